The van der Waals surface area contributed by atoms with Crippen molar-refractivity contribution >= 4 is 33.0 Å². The predicted molar refractivity (Wildman–Crippen MR) is 120 cm³/mol. The zero-order valence-corrected chi connectivity index (χ0v) is 19.1. The molecule has 1 aromatic carbocycles. The molecule has 0 atom stereocenters. The van der Waals surface area contributed by atoms with E-state index in [1.54, 1.807) is 23.5 Å². The minimum atomic E-state index is -3.59. The maximum absolute atomic E-state index is 13.0. The molecule has 1 aliphatic rings. The quantitative estimate of drug-likeness (QED) is 0.632. The second-order valence-corrected chi connectivity index (χ2v) is 10.1. The van der Waals surface area contributed by atoms with Crippen molar-refractivity contribution in [2.75, 3.05) is 38.6 Å². The van der Waals surface area contributed by atoms with Crippen LogP contribution in [0, 0.1) is 0 Å². The van der Waals surface area contributed by atoms with E-state index in [9.17, 15) is 13.2 Å². The molecule has 1 amide bonds. The molecule has 0 saturated carbocycles. The predicted octanol–water partition coefficient (Wildman–Crippen LogP) is 3.39. The molecule has 0 unspecified atom stereocenters. The Morgan fingerprint density at radius 2 is 2.00 bits per heavy atom. The van der Waals surface area contributed by atoms with Gasteiger partial charge in [0, 0.05) is 19.6 Å². The minimum absolute atomic E-state index is 0.176. The topological polar surface area (TPSA) is 79.0 Å². The Bertz CT molecular complexity index is 939. The van der Waals surface area contributed by atoms with Gasteiger partial charge in [0.25, 0.3) is 0 Å². The molecule has 1 aromatic heterocycles. The number of anilines is 1. The number of carbonyl (C=O) groups is 1. The van der Waals surface area contributed by atoms with Crippen LogP contribution < -0.4 is 10.1 Å². The van der Waals surface area contributed by atoms with Gasteiger partial charge in [0.1, 0.15) is 5.75 Å². The number of thiophene rings is 1. The number of rotatable bonds is 9. The van der Waals surface area contributed by atoms with Crippen LogP contribution in [-0.4, -0.2) is 56.8 Å². The van der Waals surface area contributed by atoms with Gasteiger partial charge in [0.2, 0.25) is 15.9 Å². The number of nitrogens with zero attached hydrogens (tertiary/aromatic N) is 2. The first-order valence-electron chi connectivity index (χ1n) is 10.2. The van der Waals surface area contributed by atoms with E-state index >= 15 is 0 Å². The van der Waals surface area contributed by atoms with Gasteiger partial charge in [-0.25, -0.2) is 8.42 Å². The first-order valence-corrected chi connectivity index (χ1v) is 12.5. The molecular weight excluding hydrogens is 422 g/mol. The van der Waals surface area contributed by atoms with Crippen LogP contribution in [0.15, 0.2) is 39.9 Å². The van der Waals surface area contributed by atoms with Crippen LogP contribution in [0.1, 0.15) is 31.7 Å². The van der Waals surface area contributed by atoms with Crippen LogP contribution in [0.2, 0.25) is 0 Å². The summed E-state index contributed by atoms with van der Waals surface area (Å²) >= 11 is 1.62. The minimum Gasteiger partial charge on any atom is -0.492 e. The van der Waals surface area contributed by atoms with Gasteiger partial charge in [-0.05, 0) is 67.4 Å². The van der Waals surface area contributed by atoms with Crippen molar-refractivity contribution < 1.29 is 17.9 Å². The number of piperidine rings is 1. The summed E-state index contributed by atoms with van der Waals surface area (Å²) in [7, 11) is -1.72. The largest absolute Gasteiger partial charge is 0.492 e. The summed E-state index contributed by atoms with van der Waals surface area (Å²) in [5.41, 5.74) is 1.53. The van der Waals surface area contributed by atoms with Crippen LogP contribution in [0.3, 0.4) is 0 Å². The van der Waals surface area contributed by atoms with Gasteiger partial charge in [0.15, 0.2) is 0 Å². The summed E-state index contributed by atoms with van der Waals surface area (Å²) in [6.45, 7) is 4.18. The van der Waals surface area contributed by atoms with Crippen LogP contribution in [0.25, 0.3) is 0 Å². The molecule has 7 nitrogen and oxygen atoms in total. The van der Waals surface area contributed by atoms with E-state index in [4.69, 9.17) is 4.74 Å². The maximum Gasteiger partial charge on any atom is 0.243 e. The van der Waals surface area contributed by atoms with Gasteiger partial charge in [0.05, 0.1) is 23.7 Å². The zero-order chi connectivity index (χ0) is 21.6. The Hall–Kier alpha value is -1.94. The summed E-state index contributed by atoms with van der Waals surface area (Å²) < 4.78 is 33.2. The number of hydrogen-bond acceptors (Lipinski definition) is 6. The molecule has 1 saturated heterocycles. The van der Waals surface area contributed by atoms with E-state index in [0.29, 0.717) is 37.7 Å². The van der Waals surface area contributed by atoms with Gasteiger partial charge in [-0.3, -0.25) is 9.69 Å². The van der Waals surface area contributed by atoms with Crippen molar-refractivity contribution in [3.63, 3.8) is 0 Å². The van der Waals surface area contributed by atoms with Crippen LogP contribution >= 0.6 is 11.3 Å². The highest BCUT2D eigenvalue weighted by Crippen LogP contribution is 2.30. The molecule has 2 aromatic rings. The zero-order valence-electron chi connectivity index (χ0n) is 17.5. The smallest absolute Gasteiger partial charge is 0.243 e. The molecule has 3 rings (SSSR count). The van der Waals surface area contributed by atoms with E-state index in [1.807, 2.05) is 30.3 Å². The number of ether oxygens (including phenoxy) is 1. The molecule has 9 heteroatoms. The van der Waals surface area contributed by atoms with E-state index in [1.165, 1.54) is 10.4 Å². The molecular formula is C21H29N3O4S2. The highest BCUT2D eigenvalue weighted by atomic mass is 32.2. The van der Waals surface area contributed by atoms with Gasteiger partial charge in [-0.1, -0.05) is 6.42 Å². The molecule has 0 aliphatic carbocycles. The van der Waals surface area contributed by atoms with Crippen molar-refractivity contribution in [3.8, 4) is 5.75 Å². The molecule has 2 heterocycles. The SMILES string of the molecule is CCOc1ccc(S(=O)(=O)N2CCCCC2)cc1NC(=O)CN(C)Cc1ccsc1. The first kappa shape index (κ1) is 22.7. The Balaban J connectivity index is 1.74. The third-order valence-electron chi connectivity index (χ3n) is 4.92. The average Bonchev–Trinajstić information content (AvgIpc) is 3.22. The number of benzene rings is 1. The normalized spacial score (nSPS) is 15.3. The molecule has 164 valence electrons. The monoisotopic (exact) mass is 451 g/mol. The lowest BCUT2D eigenvalue weighted by atomic mass is 10.2. The fourth-order valence-electron chi connectivity index (χ4n) is 3.49. The Morgan fingerprint density at radius 3 is 2.67 bits per heavy atom. The standard InChI is InChI=1S/C21H29N3O4S2/c1-3-28-20-8-7-18(30(26,27)24-10-5-4-6-11-24)13-19(20)22-21(25)15-23(2)14-17-9-12-29-16-17/h7-9,12-13,16H,3-6,10-11,14-15H2,1-2H3,(H,22,25). The second-order valence-electron chi connectivity index (χ2n) is 7.41. The number of hydrogen-bond donors (Lipinski definition) is 1. The summed E-state index contributed by atoms with van der Waals surface area (Å²) in [6.07, 6.45) is 2.79. The number of nitrogens with one attached hydrogen (secondary N) is 1. The molecule has 30 heavy (non-hydrogen) atoms. The molecule has 0 spiro atoms. The molecule has 0 radical (unpaired) electrons. The van der Waals surface area contributed by atoms with Gasteiger partial charge >= 0.3 is 0 Å². The van der Waals surface area contributed by atoms with Crippen molar-refractivity contribution in [1.82, 2.24) is 9.21 Å². The Kier molecular flexibility index (Phi) is 7.87. The van der Waals surface area contributed by atoms with Crippen LogP contribution in [0.5, 0.6) is 5.75 Å². The molecule has 0 bridgehead atoms. The third-order valence-corrected chi connectivity index (χ3v) is 7.55. The lowest BCUT2D eigenvalue weighted by Gasteiger charge is -2.26. The van der Waals surface area contributed by atoms with Crippen molar-refractivity contribution in [3.05, 3.63) is 40.6 Å². The van der Waals surface area contributed by atoms with E-state index in [-0.39, 0.29) is 17.3 Å². The van der Waals surface area contributed by atoms with E-state index in [0.717, 1.165) is 24.8 Å². The fourth-order valence-corrected chi connectivity index (χ4v) is 5.69. The molecule has 1 aliphatic heterocycles. The van der Waals surface area contributed by atoms with Crippen molar-refractivity contribution in [1.29, 1.82) is 0 Å². The second kappa shape index (κ2) is 10.4. The number of likely N-dealkylation sites (N-methyl/N-ethyl adjacent to an activating group) is 1. The molecule has 1 N–H and O–H groups in total. The molecule has 1 fully saturated rings. The van der Waals surface area contributed by atoms with Crippen LogP contribution in [0.4, 0.5) is 5.69 Å². The first-order chi connectivity index (χ1) is 14.4. The number of sulfonamides is 1. The highest BCUT2D eigenvalue weighted by molar-refractivity contribution is 7.89. The third kappa shape index (κ3) is 5.81. The van der Waals surface area contributed by atoms with Gasteiger partial charge in [-0.2, -0.15) is 15.6 Å². The lowest BCUT2D eigenvalue weighted by Crippen LogP contribution is -2.35. The highest BCUT2D eigenvalue weighted by Gasteiger charge is 2.27. The number of carbonyl (C=O) groups excluding carboxylic acids is 1. The van der Waals surface area contributed by atoms with Crippen LogP contribution in [-0.2, 0) is 21.4 Å². The summed E-state index contributed by atoms with van der Waals surface area (Å²) in [5.74, 6) is 0.241. The summed E-state index contributed by atoms with van der Waals surface area (Å²) in [5, 5.41) is 6.89. The Morgan fingerprint density at radius 1 is 1.23 bits per heavy atom. The summed E-state index contributed by atoms with van der Waals surface area (Å²) in [4.78, 5) is 14.7. The van der Waals surface area contributed by atoms with Crippen molar-refractivity contribution in [2.45, 2.75) is 37.6 Å². The number of amides is 1. The lowest BCUT2D eigenvalue weighted by molar-refractivity contribution is -0.117. The van der Waals surface area contributed by atoms with E-state index in [2.05, 4.69) is 10.7 Å². The maximum atomic E-state index is 13.0. The van der Waals surface area contributed by atoms with Gasteiger partial charge < -0.3 is 10.1 Å². The van der Waals surface area contributed by atoms with Crippen molar-refractivity contribution in [2.24, 2.45) is 0 Å². The van der Waals surface area contributed by atoms with Gasteiger partial charge in [-0.15, -0.1) is 0 Å². The average molecular weight is 452 g/mol. The summed E-state index contributed by atoms with van der Waals surface area (Å²) in [6, 6.07) is 6.70. The Labute approximate surface area is 182 Å². The fraction of sp³-hybridized carbons (Fsp3) is 0.476. The van der Waals surface area contributed by atoms with E-state index < -0.39 is 10.0 Å².